The highest BCUT2D eigenvalue weighted by Crippen LogP contribution is 2.28. The number of amides is 1. The molecule has 0 aliphatic heterocycles. The number of rotatable bonds is 8. The van der Waals surface area contributed by atoms with Gasteiger partial charge in [0.1, 0.15) is 6.61 Å². The van der Waals surface area contributed by atoms with Crippen molar-refractivity contribution in [3.63, 3.8) is 0 Å². The van der Waals surface area contributed by atoms with Gasteiger partial charge >= 0.3 is 0 Å². The van der Waals surface area contributed by atoms with Crippen LogP contribution in [0.1, 0.15) is 18.4 Å². The van der Waals surface area contributed by atoms with E-state index in [4.69, 9.17) is 16.3 Å². The third kappa shape index (κ3) is 5.69. The van der Waals surface area contributed by atoms with Crippen molar-refractivity contribution in [2.75, 3.05) is 23.3 Å². The summed E-state index contributed by atoms with van der Waals surface area (Å²) in [6.45, 7) is 2.23. The van der Waals surface area contributed by atoms with Gasteiger partial charge in [-0.2, -0.15) is 0 Å². The average molecular weight is 409 g/mol. The number of aryl methyl sites for hydroxylation is 1. The topological polar surface area (TPSA) is 84.5 Å². The number of halogens is 1. The molecule has 1 saturated carbocycles. The molecule has 6 nitrogen and oxygen atoms in total. The van der Waals surface area contributed by atoms with Crippen LogP contribution in [0.2, 0.25) is 5.02 Å². The normalized spacial score (nSPS) is 14.0. The lowest BCUT2D eigenvalue weighted by Crippen LogP contribution is -2.20. The van der Waals surface area contributed by atoms with Crippen LogP contribution < -0.4 is 10.0 Å². The molecule has 0 heterocycles. The van der Waals surface area contributed by atoms with E-state index in [1.165, 1.54) is 12.1 Å². The molecule has 0 atom stereocenters. The fourth-order valence-electron chi connectivity index (χ4n) is 2.53. The summed E-state index contributed by atoms with van der Waals surface area (Å²) >= 11 is 5.90. The number of ether oxygens (including phenoxy) is 1. The highest BCUT2D eigenvalue weighted by Gasteiger charge is 2.22. The Hall–Kier alpha value is -2.09. The number of carbonyl (C=O) groups excluding carboxylic acids is 1. The zero-order chi connectivity index (χ0) is 19.4. The highest BCUT2D eigenvalue weighted by molar-refractivity contribution is 7.92. The quantitative estimate of drug-likeness (QED) is 0.695. The fraction of sp³-hybridized carbons (Fsp3) is 0.316. The molecule has 1 aliphatic carbocycles. The number of hydrogen-bond donors (Lipinski definition) is 2. The molecule has 2 aromatic carbocycles. The van der Waals surface area contributed by atoms with Crippen LogP contribution in [0, 0.1) is 12.8 Å². The Morgan fingerprint density at radius 2 is 1.96 bits per heavy atom. The van der Waals surface area contributed by atoms with Gasteiger partial charge < -0.3 is 10.1 Å². The van der Waals surface area contributed by atoms with Crippen molar-refractivity contribution in [1.29, 1.82) is 0 Å². The van der Waals surface area contributed by atoms with Crippen LogP contribution in [0.5, 0.6) is 0 Å². The van der Waals surface area contributed by atoms with Gasteiger partial charge in [-0.25, -0.2) is 8.42 Å². The van der Waals surface area contributed by atoms with E-state index in [1.807, 2.05) is 0 Å². The Morgan fingerprint density at radius 1 is 1.19 bits per heavy atom. The van der Waals surface area contributed by atoms with E-state index in [-0.39, 0.29) is 17.4 Å². The Kier molecular flexibility index (Phi) is 6.04. The fourth-order valence-corrected chi connectivity index (χ4v) is 4.04. The van der Waals surface area contributed by atoms with Crippen LogP contribution in [-0.4, -0.2) is 27.5 Å². The number of carbonyl (C=O) groups is 1. The summed E-state index contributed by atoms with van der Waals surface area (Å²) < 4.78 is 33.3. The first-order valence-corrected chi connectivity index (χ1v) is 10.5. The van der Waals surface area contributed by atoms with Gasteiger partial charge in [-0.15, -0.1) is 0 Å². The minimum absolute atomic E-state index is 0.0484. The monoisotopic (exact) mass is 408 g/mol. The number of hydrogen-bond acceptors (Lipinski definition) is 4. The van der Waals surface area contributed by atoms with Crippen LogP contribution in [0.4, 0.5) is 11.4 Å². The molecule has 0 bridgehead atoms. The van der Waals surface area contributed by atoms with Crippen molar-refractivity contribution in [3.8, 4) is 0 Å². The van der Waals surface area contributed by atoms with Gasteiger partial charge in [0, 0.05) is 10.7 Å². The van der Waals surface area contributed by atoms with Crippen molar-refractivity contribution in [2.45, 2.75) is 24.7 Å². The summed E-state index contributed by atoms with van der Waals surface area (Å²) in [5.74, 6) is 0.261. The molecule has 0 unspecified atom stereocenters. The van der Waals surface area contributed by atoms with Gasteiger partial charge in [-0.05, 0) is 61.6 Å². The molecule has 2 N–H and O–H groups in total. The molecule has 0 spiro atoms. The average Bonchev–Trinajstić information content (AvgIpc) is 3.40. The zero-order valence-electron chi connectivity index (χ0n) is 14.9. The van der Waals surface area contributed by atoms with Crippen LogP contribution >= 0.6 is 11.6 Å². The van der Waals surface area contributed by atoms with Gasteiger partial charge in [0.25, 0.3) is 10.0 Å². The summed E-state index contributed by atoms with van der Waals surface area (Å²) in [7, 11) is -3.83. The van der Waals surface area contributed by atoms with Crippen LogP contribution in [-0.2, 0) is 19.6 Å². The van der Waals surface area contributed by atoms with E-state index in [0.29, 0.717) is 34.5 Å². The molecule has 0 radical (unpaired) electrons. The smallest absolute Gasteiger partial charge is 0.262 e. The summed E-state index contributed by atoms with van der Waals surface area (Å²) in [4.78, 5) is 12.1. The van der Waals surface area contributed by atoms with Crippen molar-refractivity contribution in [2.24, 2.45) is 5.92 Å². The number of benzene rings is 2. The third-order valence-electron chi connectivity index (χ3n) is 4.12. The third-order valence-corrected chi connectivity index (χ3v) is 5.88. The molecule has 1 fully saturated rings. The Balaban J connectivity index is 1.70. The molecular formula is C19H21ClN2O4S. The van der Waals surface area contributed by atoms with Crippen LogP contribution in [0.15, 0.2) is 47.4 Å². The molecular weight excluding hydrogens is 388 g/mol. The predicted octanol–water partition coefficient (Wildman–Crippen LogP) is 3.81. The Bertz CT molecular complexity index is 942. The van der Waals surface area contributed by atoms with E-state index >= 15 is 0 Å². The predicted molar refractivity (Wildman–Crippen MR) is 106 cm³/mol. The number of sulfonamides is 1. The first kappa shape index (κ1) is 19.7. The van der Waals surface area contributed by atoms with Gasteiger partial charge in [0.05, 0.1) is 17.2 Å². The molecule has 8 heteroatoms. The van der Waals surface area contributed by atoms with E-state index < -0.39 is 10.0 Å². The second-order valence-corrected chi connectivity index (χ2v) is 8.69. The molecule has 3 rings (SSSR count). The van der Waals surface area contributed by atoms with E-state index in [1.54, 1.807) is 37.3 Å². The largest absolute Gasteiger partial charge is 0.371 e. The molecule has 1 amide bonds. The Morgan fingerprint density at radius 3 is 2.67 bits per heavy atom. The van der Waals surface area contributed by atoms with E-state index in [9.17, 15) is 13.2 Å². The van der Waals surface area contributed by atoms with Crippen molar-refractivity contribution >= 4 is 38.9 Å². The van der Waals surface area contributed by atoms with Crippen LogP contribution in [0.3, 0.4) is 0 Å². The van der Waals surface area contributed by atoms with Gasteiger partial charge in [-0.3, -0.25) is 9.52 Å². The molecule has 2 aromatic rings. The van der Waals surface area contributed by atoms with Gasteiger partial charge in [0.15, 0.2) is 0 Å². The van der Waals surface area contributed by atoms with Crippen LogP contribution in [0.25, 0.3) is 0 Å². The maximum Gasteiger partial charge on any atom is 0.262 e. The van der Waals surface area contributed by atoms with Crippen molar-refractivity contribution in [3.05, 3.63) is 53.1 Å². The minimum Gasteiger partial charge on any atom is -0.371 e. The van der Waals surface area contributed by atoms with Crippen molar-refractivity contribution < 1.29 is 17.9 Å². The minimum atomic E-state index is -3.83. The first-order valence-electron chi connectivity index (χ1n) is 8.60. The molecule has 1 aliphatic rings. The van der Waals surface area contributed by atoms with E-state index in [2.05, 4.69) is 10.0 Å². The summed E-state index contributed by atoms with van der Waals surface area (Å²) in [6.07, 6.45) is 2.31. The number of anilines is 2. The number of nitrogens with one attached hydrogen (secondary N) is 2. The van der Waals surface area contributed by atoms with Gasteiger partial charge in [-0.1, -0.05) is 23.7 Å². The summed E-state index contributed by atoms with van der Waals surface area (Å²) in [5.41, 5.74) is 1.32. The molecule has 0 saturated heterocycles. The molecule has 27 heavy (non-hydrogen) atoms. The maximum absolute atomic E-state index is 12.7. The second-order valence-electron chi connectivity index (χ2n) is 6.60. The summed E-state index contributed by atoms with van der Waals surface area (Å²) in [5, 5.41) is 3.10. The zero-order valence-corrected chi connectivity index (χ0v) is 16.4. The van der Waals surface area contributed by atoms with Gasteiger partial charge in [0.2, 0.25) is 5.91 Å². The SMILES string of the molecule is Cc1ccc(NC(=O)COCC2CC2)cc1S(=O)(=O)Nc1cccc(Cl)c1. The first-order chi connectivity index (χ1) is 12.8. The van der Waals surface area contributed by atoms with Crippen molar-refractivity contribution in [1.82, 2.24) is 0 Å². The lowest BCUT2D eigenvalue weighted by atomic mass is 10.2. The second kappa shape index (κ2) is 8.29. The van der Waals surface area contributed by atoms with E-state index in [0.717, 1.165) is 12.8 Å². The standard InChI is InChI=1S/C19H21ClN2O4S/c1-13-5-8-16(21-19(23)12-26-11-14-6-7-14)10-18(13)27(24,25)22-17-4-2-3-15(20)9-17/h2-5,8-10,14,22H,6-7,11-12H2,1H3,(H,21,23). The summed E-state index contributed by atoms with van der Waals surface area (Å²) in [6, 6.07) is 11.2. The molecule has 0 aromatic heterocycles. The Labute approximate surface area is 163 Å². The lowest BCUT2D eigenvalue weighted by molar-refractivity contribution is -0.120. The maximum atomic E-state index is 12.7. The lowest BCUT2D eigenvalue weighted by Gasteiger charge is -2.13. The molecule has 144 valence electrons. The highest BCUT2D eigenvalue weighted by atomic mass is 35.5.